The van der Waals surface area contributed by atoms with Gasteiger partial charge >= 0.3 is 6.18 Å². The van der Waals surface area contributed by atoms with Crippen molar-refractivity contribution in [3.05, 3.63) is 70.0 Å². The standard InChI is InChI=1S/C15H11ClF4O/c16-13-4-2-1-3-9(13)7-14(21)11-6-5-10(17)8-12(11)15(18,19)20/h1-6,8,14,21H,7H2. The molecule has 0 fully saturated rings. The molecule has 1 nitrogen and oxygen atoms in total. The summed E-state index contributed by atoms with van der Waals surface area (Å²) in [5.41, 5.74) is -1.03. The van der Waals surface area contributed by atoms with Crippen LogP contribution in [0.4, 0.5) is 17.6 Å². The Kier molecular flexibility index (Phi) is 4.54. The van der Waals surface area contributed by atoms with Gasteiger partial charge in [-0.2, -0.15) is 13.2 Å². The summed E-state index contributed by atoms with van der Waals surface area (Å²) in [6, 6.07) is 8.76. The minimum atomic E-state index is -4.74. The van der Waals surface area contributed by atoms with Gasteiger partial charge in [-0.15, -0.1) is 0 Å². The SMILES string of the molecule is OC(Cc1ccccc1Cl)c1ccc(F)cc1C(F)(F)F. The molecule has 0 aliphatic heterocycles. The molecule has 21 heavy (non-hydrogen) atoms. The van der Waals surface area contributed by atoms with E-state index >= 15 is 0 Å². The maximum absolute atomic E-state index is 13.0. The monoisotopic (exact) mass is 318 g/mol. The molecule has 2 aromatic rings. The van der Waals surface area contributed by atoms with Gasteiger partial charge in [-0.25, -0.2) is 4.39 Å². The Hall–Kier alpha value is -1.59. The highest BCUT2D eigenvalue weighted by Gasteiger charge is 2.35. The van der Waals surface area contributed by atoms with E-state index in [0.717, 1.165) is 12.1 Å². The van der Waals surface area contributed by atoms with Gasteiger partial charge in [0.15, 0.2) is 0 Å². The molecular weight excluding hydrogens is 308 g/mol. The summed E-state index contributed by atoms with van der Waals surface area (Å²) in [7, 11) is 0. The predicted octanol–water partition coefficient (Wildman–Crippen LogP) is 4.77. The largest absolute Gasteiger partial charge is 0.416 e. The van der Waals surface area contributed by atoms with Crippen molar-refractivity contribution in [1.29, 1.82) is 0 Å². The van der Waals surface area contributed by atoms with Crippen LogP contribution in [0.15, 0.2) is 42.5 Å². The molecule has 0 heterocycles. The summed E-state index contributed by atoms with van der Waals surface area (Å²) < 4.78 is 51.7. The topological polar surface area (TPSA) is 20.2 Å². The van der Waals surface area contributed by atoms with Crippen LogP contribution in [0, 0.1) is 5.82 Å². The highest BCUT2D eigenvalue weighted by Crippen LogP contribution is 2.36. The van der Waals surface area contributed by atoms with Crippen LogP contribution in [-0.2, 0) is 12.6 Å². The van der Waals surface area contributed by atoms with E-state index in [1.54, 1.807) is 24.3 Å². The van der Waals surface area contributed by atoms with E-state index in [1.165, 1.54) is 0 Å². The summed E-state index contributed by atoms with van der Waals surface area (Å²) in [4.78, 5) is 0. The molecule has 1 N–H and O–H groups in total. The second-order valence-electron chi connectivity index (χ2n) is 4.54. The van der Waals surface area contributed by atoms with Crippen molar-refractivity contribution in [2.24, 2.45) is 0 Å². The number of hydrogen-bond acceptors (Lipinski definition) is 1. The molecule has 0 saturated carbocycles. The lowest BCUT2D eigenvalue weighted by Crippen LogP contribution is -2.14. The van der Waals surface area contributed by atoms with Gasteiger partial charge in [-0.3, -0.25) is 0 Å². The third-order valence-corrected chi connectivity index (χ3v) is 3.42. The van der Waals surface area contributed by atoms with E-state index in [1.807, 2.05) is 0 Å². The molecule has 0 aliphatic rings. The fraction of sp³-hybridized carbons (Fsp3) is 0.200. The van der Waals surface area contributed by atoms with Crippen LogP contribution in [0.25, 0.3) is 0 Å². The number of hydrogen-bond donors (Lipinski definition) is 1. The number of alkyl halides is 3. The molecule has 2 rings (SSSR count). The van der Waals surface area contributed by atoms with Crippen LogP contribution in [-0.4, -0.2) is 5.11 Å². The molecule has 0 spiro atoms. The molecule has 112 valence electrons. The van der Waals surface area contributed by atoms with Crippen LogP contribution >= 0.6 is 11.6 Å². The molecule has 0 radical (unpaired) electrons. The van der Waals surface area contributed by atoms with Crippen molar-refractivity contribution in [1.82, 2.24) is 0 Å². The maximum atomic E-state index is 13.0. The van der Waals surface area contributed by atoms with Crippen molar-refractivity contribution in [2.75, 3.05) is 0 Å². The van der Waals surface area contributed by atoms with E-state index in [9.17, 15) is 22.7 Å². The third-order valence-electron chi connectivity index (χ3n) is 3.05. The third kappa shape index (κ3) is 3.74. The van der Waals surface area contributed by atoms with E-state index in [2.05, 4.69) is 0 Å². The minimum Gasteiger partial charge on any atom is -0.388 e. The molecule has 0 aromatic heterocycles. The number of halogens is 5. The fourth-order valence-corrected chi connectivity index (χ4v) is 2.26. The number of rotatable bonds is 3. The average molecular weight is 319 g/mol. The zero-order valence-electron chi connectivity index (χ0n) is 10.7. The quantitative estimate of drug-likeness (QED) is 0.808. The summed E-state index contributed by atoms with van der Waals surface area (Å²) in [6.07, 6.45) is -6.25. The Balaban J connectivity index is 2.36. The molecule has 6 heteroatoms. The molecule has 0 bridgehead atoms. The van der Waals surface area contributed by atoms with Gasteiger partial charge in [0.05, 0.1) is 11.7 Å². The van der Waals surface area contributed by atoms with Gasteiger partial charge in [-0.1, -0.05) is 35.9 Å². The van der Waals surface area contributed by atoms with Gasteiger partial charge in [0.25, 0.3) is 0 Å². The summed E-state index contributed by atoms with van der Waals surface area (Å²) in [5, 5.41) is 10.4. The lowest BCUT2D eigenvalue weighted by molar-refractivity contribution is -0.139. The normalized spacial score (nSPS) is 13.2. The van der Waals surface area contributed by atoms with Crippen LogP contribution in [0.3, 0.4) is 0 Å². The molecular formula is C15H11ClF4O. The van der Waals surface area contributed by atoms with E-state index < -0.39 is 23.7 Å². The zero-order chi connectivity index (χ0) is 15.6. The van der Waals surface area contributed by atoms with Crippen LogP contribution in [0.1, 0.15) is 22.8 Å². The second kappa shape index (κ2) is 6.03. The molecule has 1 unspecified atom stereocenters. The Morgan fingerprint density at radius 3 is 2.38 bits per heavy atom. The Morgan fingerprint density at radius 2 is 1.76 bits per heavy atom. The number of aliphatic hydroxyl groups is 1. The van der Waals surface area contributed by atoms with E-state index in [-0.39, 0.29) is 12.0 Å². The Morgan fingerprint density at radius 1 is 1.10 bits per heavy atom. The summed E-state index contributed by atoms with van der Waals surface area (Å²) in [6.45, 7) is 0. The van der Waals surface area contributed by atoms with Gasteiger partial charge in [0.1, 0.15) is 5.82 Å². The first-order valence-electron chi connectivity index (χ1n) is 6.07. The van der Waals surface area contributed by atoms with Crippen molar-refractivity contribution < 1.29 is 22.7 Å². The van der Waals surface area contributed by atoms with E-state index in [4.69, 9.17) is 11.6 Å². The zero-order valence-corrected chi connectivity index (χ0v) is 11.4. The van der Waals surface area contributed by atoms with E-state index in [0.29, 0.717) is 16.7 Å². The first kappa shape index (κ1) is 15.8. The van der Waals surface area contributed by atoms with Crippen LogP contribution in [0.5, 0.6) is 0 Å². The molecule has 0 saturated heterocycles. The highest BCUT2D eigenvalue weighted by atomic mass is 35.5. The fourth-order valence-electron chi connectivity index (χ4n) is 2.05. The Bertz CT molecular complexity index is 640. The van der Waals surface area contributed by atoms with Crippen molar-refractivity contribution in [2.45, 2.75) is 18.7 Å². The van der Waals surface area contributed by atoms with Gasteiger partial charge < -0.3 is 5.11 Å². The van der Waals surface area contributed by atoms with Crippen molar-refractivity contribution >= 4 is 11.6 Å². The van der Waals surface area contributed by atoms with Crippen molar-refractivity contribution in [3.63, 3.8) is 0 Å². The number of aliphatic hydroxyl groups excluding tert-OH is 1. The maximum Gasteiger partial charge on any atom is 0.416 e. The predicted molar refractivity (Wildman–Crippen MR) is 71.5 cm³/mol. The summed E-state index contributed by atoms with van der Waals surface area (Å²) >= 11 is 5.92. The molecule has 1 atom stereocenters. The number of benzene rings is 2. The molecule has 2 aromatic carbocycles. The van der Waals surface area contributed by atoms with Crippen LogP contribution in [0.2, 0.25) is 5.02 Å². The highest BCUT2D eigenvalue weighted by molar-refractivity contribution is 6.31. The minimum absolute atomic E-state index is 0.0889. The summed E-state index contributed by atoms with van der Waals surface area (Å²) in [5.74, 6) is -1.00. The second-order valence-corrected chi connectivity index (χ2v) is 4.95. The van der Waals surface area contributed by atoms with Crippen LogP contribution < -0.4 is 0 Å². The van der Waals surface area contributed by atoms with Gasteiger partial charge in [-0.05, 0) is 29.3 Å². The van der Waals surface area contributed by atoms with Gasteiger partial charge in [0, 0.05) is 11.4 Å². The smallest absolute Gasteiger partial charge is 0.388 e. The van der Waals surface area contributed by atoms with Crippen molar-refractivity contribution in [3.8, 4) is 0 Å². The molecule has 0 aliphatic carbocycles. The first-order valence-corrected chi connectivity index (χ1v) is 6.45. The first-order chi connectivity index (χ1) is 9.79. The lowest BCUT2D eigenvalue weighted by atomic mass is 9.96. The molecule has 0 amide bonds. The Labute approximate surface area is 123 Å². The average Bonchev–Trinajstić information content (AvgIpc) is 2.40. The lowest BCUT2D eigenvalue weighted by Gasteiger charge is -2.18. The van der Waals surface area contributed by atoms with Gasteiger partial charge in [0.2, 0.25) is 0 Å².